The van der Waals surface area contributed by atoms with Gasteiger partial charge in [0.05, 0.1) is 23.0 Å². The summed E-state index contributed by atoms with van der Waals surface area (Å²) in [6, 6.07) is 5.14. The van der Waals surface area contributed by atoms with E-state index in [2.05, 4.69) is 21.0 Å². The van der Waals surface area contributed by atoms with Crippen LogP contribution in [0.1, 0.15) is 17.3 Å². The van der Waals surface area contributed by atoms with Crippen molar-refractivity contribution in [3.05, 3.63) is 50.2 Å². The molecule has 0 saturated heterocycles. The first-order chi connectivity index (χ1) is 8.00. The molecule has 0 saturated carbocycles. The van der Waals surface area contributed by atoms with E-state index in [1.807, 2.05) is 12.1 Å². The van der Waals surface area contributed by atoms with Crippen molar-refractivity contribution in [1.82, 2.24) is 9.78 Å². The molecule has 1 heterocycles. The second-order valence-electron chi connectivity index (χ2n) is 3.64. The average Bonchev–Trinajstić information content (AvgIpc) is 2.61. The highest BCUT2D eigenvalue weighted by atomic mass is 79.9. The topological polar surface area (TPSA) is 43.8 Å². The van der Waals surface area contributed by atoms with Crippen molar-refractivity contribution in [2.75, 3.05) is 0 Å². The van der Waals surface area contributed by atoms with E-state index in [0.717, 1.165) is 15.7 Å². The Morgan fingerprint density at radius 2 is 2.06 bits per heavy atom. The van der Waals surface area contributed by atoms with E-state index in [9.17, 15) is 0 Å². The maximum Gasteiger partial charge on any atom is 0.0837 e. The Balaban J connectivity index is 2.50. The van der Waals surface area contributed by atoms with Gasteiger partial charge in [0, 0.05) is 16.5 Å². The average molecular weight is 335 g/mol. The van der Waals surface area contributed by atoms with Crippen molar-refractivity contribution in [3.63, 3.8) is 0 Å². The number of rotatable bonds is 2. The lowest BCUT2D eigenvalue weighted by Gasteiger charge is -2.15. The Hall–Kier alpha value is -0.550. The van der Waals surface area contributed by atoms with Crippen molar-refractivity contribution in [2.24, 2.45) is 12.8 Å². The van der Waals surface area contributed by atoms with Crippen molar-refractivity contribution in [3.8, 4) is 0 Å². The lowest BCUT2D eigenvalue weighted by atomic mass is 10.0. The van der Waals surface area contributed by atoms with Crippen molar-refractivity contribution >= 4 is 39.1 Å². The number of aromatic nitrogens is 2. The summed E-state index contributed by atoms with van der Waals surface area (Å²) >= 11 is 15.6. The number of hydrogen-bond donors (Lipinski definition) is 1. The molecular weight excluding hydrogens is 325 g/mol. The standard InChI is InChI=1S/C11H10BrCl2N3/c1-17-11(9(14)5-16-17)10(15)7-4-6(12)2-3-8(7)13/h2-5,10H,15H2,1H3. The molecule has 17 heavy (non-hydrogen) atoms. The number of aryl methyl sites for hydroxylation is 1. The third kappa shape index (κ3) is 2.50. The minimum absolute atomic E-state index is 0.403. The van der Waals surface area contributed by atoms with E-state index < -0.39 is 6.04 Å². The summed E-state index contributed by atoms with van der Waals surface area (Å²) in [5.41, 5.74) is 7.74. The molecule has 0 radical (unpaired) electrons. The summed E-state index contributed by atoms with van der Waals surface area (Å²) in [4.78, 5) is 0. The molecule has 0 bridgehead atoms. The number of nitrogens with zero attached hydrogens (tertiary/aromatic N) is 2. The molecule has 90 valence electrons. The fraction of sp³-hybridized carbons (Fsp3) is 0.182. The summed E-state index contributed by atoms with van der Waals surface area (Å²) in [5, 5.41) is 5.21. The van der Waals surface area contributed by atoms with Crippen LogP contribution < -0.4 is 5.73 Å². The number of benzene rings is 1. The normalized spacial score (nSPS) is 12.8. The number of halogens is 3. The number of hydrogen-bond acceptors (Lipinski definition) is 2. The quantitative estimate of drug-likeness (QED) is 0.912. The van der Waals surface area contributed by atoms with Gasteiger partial charge in [-0.15, -0.1) is 0 Å². The predicted octanol–water partition coefficient (Wildman–Crippen LogP) is 3.54. The highest BCUT2D eigenvalue weighted by molar-refractivity contribution is 9.10. The van der Waals surface area contributed by atoms with Gasteiger partial charge in [0.2, 0.25) is 0 Å². The Labute approximate surface area is 118 Å². The van der Waals surface area contributed by atoms with Crippen LogP contribution in [0.3, 0.4) is 0 Å². The van der Waals surface area contributed by atoms with Gasteiger partial charge in [0.25, 0.3) is 0 Å². The first-order valence-electron chi connectivity index (χ1n) is 4.88. The zero-order valence-corrected chi connectivity index (χ0v) is 12.1. The first kappa shape index (κ1) is 12.9. The van der Waals surface area contributed by atoms with Gasteiger partial charge in [-0.3, -0.25) is 4.68 Å². The van der Waals surface area contributed by atoms with Gasteiger partial charge in [-0.1, -0.05) is 39.1 Å². The molecule has 1 aromatic carbocycles. The molecule has 0 fully saturated rings. The van der Waals surface area contributed by atoms with Gasteiger partial charge in [-0.05, 0) is 23.8 Å². The van der Waals surface area contributed by atoms with Gasteiger partial charge >= 0.3 is 0 Å². The van der Waals surface area contributed by atoms with Crippen LogP contribution in [0.15, 0.2) is 28.9 Å². The van der Waals surface area contributed by atoms with Crippen LogP contribution in [0, 0.1) is 0 Å². The Morgan fingerprint density at radius 3 is 2.65 bits per heavy atom. The molecule has 0 aliphatic rings. The molecule has 1 atom stereocenters. The Kier molecular flexibility index (Phi) is 3.78. The van der Waals surface area contributed by atoms with E-state index in [0.29, 0.717) is 10.0 Å². The van der Waals surface area contributed by atoms with Crippen molar-refractivity contribution < 1.29 is 0 Å². The van der Waals surface area contributed by atoms with Gasteiger partial charge in [0.1, 0.15) is 0 Å². The van der Waals surface area contributed by atoms with Gasteiger partial charge < -0.3 is 5.73 Å². The zero-order chi connectivity index (χ0) is 12.6. The number of nitrogens with two attached hydrogens (primary N) is 1. The third-order valence-corrected chi connectivity index (χ3v) is 3.65. The minimum Gasteiger partial charge on any atom is -0.319 e. The summed E-state index contributed by atoms with van der Waals surface area (Å²) in [5.74, 6) is 0. The molecule has 2 aromatic rings. The first-order valence-corrected chi connectivity index (χ1v) is 6.43. The van der Waals surface area contributed by atoms with Crippen molar-refractivity contribution in [2.45, 2.75) is 6.04 Å². The Morgan fingerprint density at radius 1 is 1.35 bits per heavy atom. The maximum atomic E-state index is 6.18. The molecule has 0 spiro atoms. The summed E-state index contributed by atoms with van der Waals surface area (Å²) in [6.07, 6.45) is 1.57. The van der Waals surface area contributed by atoms with Crippen LogP contribution in [0.5, 0.6) is 0 Å². The summed E-state index contributed by atoms with van der Waals surface area (Å²) in [7, 11) is 1.80. The van der Waals surface area contributed by atoms with Gasteiger partial charge in [-0.25, -0.2) is 0 Å². The monoisotopic (exact) mass is 333 g/mol. The van der Waals surface area contributed by atoms with Gasteiger partial charge in [0.15, 0.2) is 0 Å². The molecule has 0 aliphatic heterocycles. The Bertz CT molecular complexity index is 534. The highest BCUT2D eigenvalue weighted by Gasteiger charge is 2.19. The molecule has 3 nitrogen and oxygen atoms in total. The van der Waals surface area contributed by atoms with Crippen LogP contribution in [0.2, 0.25) is 10.0 Å². The second-order valence-corrected chi connectivity index (χ2v) is 5.37. The molecule has 1 unspecified atom stereocenters. The third-order valence-electron chi connectivity index (χ3n) is 2.53. The second kappa shape index (κ2) is 4.98. The lowest BCUT2D eigenvalue weighted by molar-refractivity contribution is 0.673. The molecular formula is C11H10BrCl2N3. The van der Waals surface area contributed by atoms with E-state index in [4.69, 9.17) is 28.9 Å². The zero-order valence-electron chi connectivity index (χ0n) is 8.99. The fourth-order valence-corrected chi connectivity index (χ4v) is 2.57. The van der Waals surface area contributed by atoms with Crippen molar-refractivity contribution in [1.29, 1.82) is 0 Å². The molecule has 2 rings (SSSR count). The largest absolute Gasteiger partial charge is 0.319 e. The SMILES string of the molecule is Cn1ncc(Cl)c1C(N)c1cc(Br)ccc1Cl. The molecule has 2 N–H and O–H groups in total. The maximum absolute atomic E-state index is 6.18. The van der Waals surface area contributed by atoms with E-state index in [-0.39, 0.29) is 0 Å². The highest BCUT2D eigenvalue weighted by Crippen LogP contribution is 2.31. The van der Waals surface area contributed by atoms with Crippen LogP contribution in [-0.4, -0.2) is 9.78 Å². The van der Waals surface area contributed by atoms with Crippen LogP contribution in [0.4, 0.5) is 0 Å². The van der Waals surface area contributed by atoms with Crippen LogP contribution >= 0.6 is 39.1 Å². The van der Waals surface area contributed by atoms with Crippen LogP contribution in [0.25, 0.3) is 0 Å². The fourth-order valence-electron chi connectivity index (χ4n) is 1.67. The smallest absolute Gasteiger partial charge is 0.0837 e. The van der Waals surface area contributed by atoms with E-state index in [1.54, 1.807) is 24.0 Å². The molecule has 1 aromatic heterocycles. The van der Waals surface area contributed by atoms with E-state index in [1.165, 1.54) is 0 Å². The molecule has 6 heteroatoms. The summed E-state index contributed by atoms with van der Waals surface area (Å²) < 4.78 is 2.58. The predicted molar refractivity (Wildman–Crippen MR) is 73.4 cm³/mol. The van der Waals surface area contributed by atoms with E-state index >= 15 is 0 Å². The van der Waals surface area contributed by atoms with Crippen LogP contribution in [-0.2, 0) is 7.05 Å². The molecule has 0 amide bonds. The minimum atomic E-state index is -0.403. The summed E-state index contributed by atoms with van der Waals surface area (Å²) in [6.45, 7) is 0. The van der Waals surface area contributed by atoms with Gasteiger partial charge in [-0.2, -0.15) is 5.10 Å². The lowest BCUT2D eigenvalue weighted by Crippen LogP contribution is -2.16. The molecule has 0 aliphatic carbocycles.